The maximum Gasteiger partial charge on any atom is 0.234 e. The topological polar surface area (TPSA) is 75.4 Å². The first-order chi connectivity index (χ1) is 7.99. The molecule has 94 valence electrons. The van der Waals surface area contributed by atoms with Gasteiger partial charge >= 0.3 is 0 Å². The molecule has 0 aliphatic rings. The Hall–Kier alpha value is -0.530. The van der Waals surface area contributed by atoms with Gasteiger partial charge in [-0.15, -0.1) is 0 Å². The largest absolute Gasteiger partial charge is 0.506 e. The number of hydrogen-bond donors (Lipinski definition) is 3. The van der Waals surface area contributed by atoms with E-state index in [0.717, 1.165) is 0 Å². The lowest BCUT2D eigenvalue weighted by Gasteiger charge is -2.19. The lowest BCUT2D eigenvalue weighted by Crippen LogP contribution is -2.33. The minimum Gasteiger partial charge on any atom is -0.506 e. The van der Waals surface area contributed by atoms with Crippen molar-refractivity contribution >= 4 is 40.1 Å². The Morgan fingerprint density at radius 3 is 2.82 bits per heavy atom. The van der Waals surface area contributed by atoms with Crippen LogP contribution in [0.25, 0.3) is 0 Å². The third kappa shape index (κ3) is 3.72. The van der Waals surface area contributed by atoms with Crippen LogP contribution in [0.15, 0.2) is 12.1 Å². The van der Waals surface area contributed by atoms with Crippen molar-refractivity contribution in [3.63, 3.8) is 0 Å². The first kappa shape index (κ1) is 14.5. The molecular formula is C11H14ClIN2O2. The van der Waals surface area contributed by atoms with Crippen LogP contribution in [0, 0.1) is 3.57 Å². The third-order valence-corrected chi connectivity index (χ3v) is 3.40. The van der Waals surface area contributed by atoms with Crippen molar-refractivity contribution in [1.29, 1.82) is 0 Å². The molecule has 0 saturated carbocycles. The lowest BCUT2D eigenvalue weighted by atomic mass is 10.0. The molecule has 0 spiro atoms. The quantitative estimate of drug-likeness (QED) is 0.713. The highest BCUT2D eigenvalue weighted by molar-refractivity contribution is 14.1. The fourth-order valence-corrected chi connectivity index (χ4v) is 2.56. The van der Waals surface area contributed by atoms with Gasteiger partial charge < -0.3 is 16.2 Å². The highest BCUT2D eigenvalue weighted by Crippen LogP contribution is 2.33. The van der Waals surface area contributed by atoms with Crippen molar-refractivity contribution in [2.24, 2.45) is 5.73 Å². The number of aromatic hydroxyl groups is 1. The summed E-state index contributed by atoms with van der Waals surface area (Å²) in [6.07, 6.45) is 0.649. The fourth-order valence-electron chi connectivity index (χ4n) is 1.50. The normalized spacial score (nSPS) is 12.2. The molecule has 0 heterocycles. The van der Waals surface area contributed by atoms with Gasteiger partial charge in [-0.2, -0.15) is 0 Å². The van der Waals surface area contributed by atoms with Crippen LogP contribution >= 0.6 is 34.2 Å². The van der Waals surface area contributed by atoms with E-state index in [1.54, 1.807) is 12.1 Å². The Kier molecular flexibility index (Phi) is 5.48. The molecular weight excluding hydrogens is 354 g/mol. The van der Waals surface area contributed by atoms with E-state index in [9.17, 15) is 9.90 Å². The number of amides is 1. The van der Waals surface area contributed by atoms with E-state index in [4.69, 9.17) is 17.3 Å². The molecule has 4 N–H and O–H groups in total. The average Bonchev–Trinajstić information content (AvgIpc) is 2.30. The van der Waals surface area contributed by atoms with Gasteiger partial charge in [0.2, 0.25) is 5.91 Å². The van der Waals surface area contributed by atoms with Crippen LogP contribution in [-0.2, 0) is 4.79 Å². The van der Waals surface area contributed by atoms with Gasteiger partial charge in [-0.3, -0.25) is 4.79 Å². The third-order valence-electron chi connectivity index (χ3n) is 2.36. The number of phenols is 1. The van der Waals surface area contributed by atoms with Crippen LogP contribution < -0.4 is 11.1 Å². The highest BCUT2D eigenvalue weighted by Gasteiger charge is 2.18. The van der Waals surface area contributed by atoms with Crippen molar-refractivity contribution in [2.75, 3.05) is 6.54 Å². The Labute approximate surface area is 119 Å². The number of phenolic OH excluding ortho intramolecular Hbond substituents is 1. The molecule has 1 amide bonds. The van der Waals surface area contributed by atoms with E-state index in [1.165, 1.54) is 0 Å². The van der Waals surface area contributed by atoms with Crippen molar-refractivity contribution in [3.8, 4) is 5.75 Å². The number of carbonyl (C=O) groups is 1. The van der Waals surface area contributed by atoms with E-state index in [2.05, 4.69) is 5.32 Å². The summed E-state index contributed by atoms with van der Waals surface area (Å²) in [5.41, 5.74) is 5.87. The molecule has 1 unspecified atom stereocenters. The maximum absolute atomic E-state index is 11.3. The molecule has 6 heteroatoms. The summed E-state index contributed by atoms with van der Waals surface area (Å²) in [5.74, 6) is -0.106. The number of nitrogens with two attached hydrogens (primary N) is 1. The molecule has 4 nitrogen and oxygen atoms in total. The van der Waals surface area contributed by atoms with Crippen molar-refractivity contribution in [3.05, 3.63) is 26.3 Å². The standard InChI is InChI=1S/C11H14ClIN2O2/c1-2-9(15-10(16)5-14)7-3-6(12)4-8(13)11(7)17/h3-4,9,17H,2,5,14H2,1H3,(H,15,16). The molecule has 1 atom stereocenters. The second kappa shape index (κ2) is 6.42. The molecule has 0 saturated heterocycles. The number of rotatable bonds is 4. The van der Waals surface area contributed by atoms with Gasteiger partial charge in [0.25, 0.3) is 0 Å². The minimum atomic E-state index is -0.279. The first-order valence-electron chi connectivity index (χ1n) is 5.16. The highest BCUT2D eigenvalue weighted by atomic mass is 127. The summed E-state index contributed by atoms with van der Waals surface area (Å²) in [4.78, 5) is 11.3. The Balaban J connectivity index is 3.07. The van der Waals surface area contributed by atoms with Gasteiger partial charge in [0.1, 0.15) is 5.75 Å². The Morgan fingerprint density at radius 1 is 1.65 bits per heavy atom. The smallest absolute Gasteiger partial charge is 0.234 e. The maximum atomic E-state index is 11.3. The predicted molar refractivity (Wildman–Crippen MR) is 76.1 cm³/mol. The van der Waals surface area contributed by atoms with E-state index in [0.29, 0.717) is 20.6 Å². The van der Waals surface area contributed by atoms with E-state index in [1.807, 2.05) is 29.5 Å². The lowest BCUT2D eigenvalue weighted by molar-refractivity contribution is -0.120. The summed E-state index contributed by atoms with van der Waals surface area (Å²) in [6.45, 7) is 1.84. The molecule has 17 heavy (non-hydrogen) atoms. The van der Waals surface area contributed by atoms with Crippen molar-refractivity contribution in [1.82, 2.24) is 5.32 Å². The van der Waals surface area contributed by atoms with Crippen LogP contribution in [-0.4, -0.2) is 17.6 Å². The molecule has 0 aliphatic heterocycles. The molecule has 1 aromatic rings. The Morgan fingerprint density at radius 2 is 2.29 bits per heavy atom. The molecule has 0 aromatic heterocycles. The summed E-state index contributed by atoms with van der Waals surface area (Å²) in [5, 5.41) is 13.2. The predicted octanol–water partition coefficient (Wildman–Crippen LogP) is 2.18. The van der Waals surface area contributed by atoms with E-state index in [-0.39, 0.29) is 24.2 Å². The molecule has 1 rings (SSSR count). The number of benzene rings is 1. The number of hydrogen-bond acceptors (Lipinski definition) is 3. The zero-order valence-corrected chi connectivity index (χ0v) is 12.2. The summed E-state index contributed by atoms with van der Waals surface area (Å²) in [7, 11) is 0. The van der Waals surface area contributed by atoms with Crippen molar-refractivity contribution < 1.29 is 9.90 Å². The Bertz CT molecular complexity index is 426. The number of nitrogens with one attached hydrogen (secondary N) is 1. The average molecular weight is 369 g/mol. The number of halogens is 2. The van der Waals surface area contributed by atoms with Crippen LogP contribution in [0.3, 0.4) is 0 Å². The zero-order valence-electron chi connectivity index (χ0n) is 9.34. The van der Waals surface area contributed by atoms with Crippen LogP contribution in [0.5, 0.6) is 5.75 Å². The zero-order chi connectivity index (χ0) is 13.0. The SMILES string of the molecule is CCC(NC(=O)CN)c1cc(Cl)cc(I)c1O. The van der Waals surface area contributed by atoms with Gasteiger partial charge in [0.15, 0.2) is 0 Å². The second-order valence-corrected chi connectivity index (χ2v) is 5.16. The molecule has 1 aromatic carbocycles. The van der Waals surface area contributed by atoms with Gasteiger partial charge in [-0.05, 0) is 41.1 Å². The summed E-state index contributed by atoms with van der Waals surface area (Å²) in [6, 6.07) is 3.04. The van der Waals surface area contributed by atoms with Crippen LogP contribution in [0.2, 0.25) is 5.02 Å². The van der Waals surface area contributed by atoms with Gasteiger partial charge in [-0.1, -0.05) is 18.5 Å². The van der Waals surface area contributed by atoms with E-state index < -0.39 is 0 Å². The van der Waals surface area contributed by atoms with Gasteiger partial charge in [0, 0.05) is 10.6 Å². The molecule has 0 radical (unpaired) electrons. The van der Waals surface area contributed by atoms with Crippen LogP contribution in [0.4, 0.5) is 0 Å². The van der Waals surface area contributed by atoms with E-state index >= 15 is 0 Å². The monoisotopic (exact) mass is 368 g/mol. The summed E-state index contributed by atoms with van der Waals surface area (Å²) >= 11 is 7.94. The molecule has 0 aliphatic carbocycles. The van der Waals surface area contributed by atoms with Gasteiger partial charge in [0.05, 0.1) is 16.2 Å². The van der Waals surface area contributed by atoms with Crippen LogP contribution in [0.1, 0.15) is 24.9 Å². The first-order valence-corrected chi connectivity index (χ1v) is 6.62. The minimum absolute atomic E-state index is 0.0745. The summed E-state index contributed by atoms with van der Waals surface area (Å²) < 4.78 is 0.658. The van der Waals surface area contributed by atoms with Crippen molar-refractivity contribution in [2.45, 2.75) is 19.4 Å². The molecule has 0 bridgehead atoms. The van der Waals surface area contributed by atoms with Gasteiger partial charge in [-0.25, -0.2) is 0 Å². The molecule has 0 fully saturated rings. The fraction of sp³-hybridized carbons (Fsp3) is 0.364. The number of carbonyl (C=O) groups excluding carboxylic acids is 1. The second-order valence-electron chi connectivity index (χ2n) is 3.56.